The first-order valence-corrected chi connectivity index (χ1v) is 12.0. The number of nitrogens with one attached hydrogen (secondary N) is 2. The van der Waals surface area contributed by atoms with Gasteiger partial charge >= 0.3 is 0 Å². The Morgan fingerprint density at radius 3 is 2.73 bits per heavy atom. The van der Waals surface area contributed by atoms with Gasteiger partial charge in [-0.15, -0.1) is 0 Å². The number of methoxy groups -OCH3 is 1. The molecule has 33 heavy (non-hydrogen) atoms. The molecule has 1 atom stereocenters. The van der Waals surface area contributed by atoms with Crippen molar-refractivity contribution in [3.63, 3.8) is 0 Å². The molecule has 0 unspecified atom stereocenters. The number of ether oxygens (including phenoxy) is 1. The van der Waals surface area contributed by atoms with Crippen LogP contribution in [0.5, 0.6) is 5.75 Å². The summed E-state index contributed by atoms with van der Waals surface area (Å²) >= 11 is 0. The summed E-state index contributed by atoms with van der Waals surface area (Å²) in [6.07, 6.45) is 4.48. The monoisotopic (exact) mass is 443 g/mol. The van der Waals surface area contributed by atoms with E-state index in [1.807, 2.05) is 19.2 Å². The van der Waals surface area contributed by atoms with Crippen LogP contribution in [0.15, 0.2) is 48.5 Å². The maximum absolute atomic E-state index is 5.67. The SMILES string of the molecule is CNc1nc([C@@H]2CCCCN2Cc2ccccc2-c2ccccc2OC)nc2c1CNCC2. The minimum atomic E-state index is 0.233. The van der Waals surface area contributed by atoms with E-state index in [-0.39, 0.29) is 6.04 Å². The zero-order valence-corrected chi connectivity index (χ0v) is 19.6. The maximum Gasteiger partial charge on any atom is 0.148 e. The van der Waals surface area contributed by atoms with Crippen molar-refractivity contribution in [3.05, 3.63) is 71.2 Å². The number of nitrogens with zero attached hydrogens (tertiary/aromatic N) is 3. The molecule has 172 valence electrons. The Labute approximate surface area is 196 Å². The Balaban J connectivity index is 1.48. The quantitative estimate of drug-likeness (QED) is 0.582. The van der Waals surface area contributed by atoms with Crippen molar-refractivity contribution in [1.29, 1.82) is 0 Å². The Kier molecular flexibility index (Phi) is 6.55. The molecule has 1 saturated heterocycles. The first-order valence-electron chi connectivity index (χ1n) is 12.0. The lowest BCUT2D eigenvalue weighted by Crippen LogP contribution is -2.35. The van der Waals surface area contributed by atoms with E-state index in [2.05, 4.69) is 51.9 Å². The highest BCUT2D eigenvalue weighted by molar-refractivity contribution is 5.73. The van der Waals surface area contributed by atoms with E-state index < -0.39 is 0 Å². The highest BCUT2D eigenvalue weighted by Gasteiger charge is 2.29. The van der Waals surface area contributed by atoms with Gasteiger partial charge in [-0.1, -0.05) is 48.9 Å². The molecule has 5 rings (SSSR count). The van der Waals surface area contributed by atoms with E-state index in [4.69, 9.17) is 14.7 Å². The Hall–Kier alpha value is -2.96. The average molecular weight is 444 g/mol. The highest BCUT2D eigenvalue weighted by Crippen LogP contribution is 2.36. The van der Waals surface area contributed by atoms with Crippen LogP contribution in [0.4, 0.5) is 5.82 Å². The number of likely N-dealkylation sites (tertiary alicyclic amines) is 1. The van der Waals surface area contributed by atoms with Gasteiger partial charge in [0.25, 0.3) is 0 Å². The third-order valence-electron chi connectivity index (χ3n) is 6.89. The standard InChI is InChI=1S/C27H33N5O/c1-28-26-22-17-29-15-14-23(22)30-27(31-26)24-12-7-8-16-32(24)18-19-9-3-4-10-20(19)21-11-5-6-13-25(21)33-2/h3-6,9-11,13,24,29H,7-8,12,14-18H2,1-2H3,(H,28,30,31)/t24-/m0/s1. The van der Waals surface area contributed by atoms with Crippen LogP contribution in [-0.4, -0.2) is 42.1 Å². The lowest BCUT2D eigenvalue weighted by atomic mass is 9.95. The zero-order valence-electron chi connectivity index (χ0n) is 19.6. The summed E-state index contributed by atoms with van der Waals surface area (Å²) in [5, 5.41) is 6.77. The number of piperidine rings is 1. The predicted molar refractivity (Wildman–Crippen MR) is 132 cm³/mol. The summed E-state index contributed by atoms with van der Waals surface area (Å²) in [5.74, 6) is 2.85. The van der Waals surface area contributed by atoms with Gasteiger partial charge in [0, 0.05) is 44.2 Å². The normalized spacial score (nSPS) is 18.5. The van der Waals surface area contributed by atoms with Crippen LogP contribution >= 0.6 is 0 Å². The molecular formula is C27H33N5O. The van der Waals surface area contributed by atoms with Crippen LogP contribution in [0.2, 0.25) is 0 Å². The van der Waals surface area contributed by atoms with Crippen molar-refractivity contribution in [2.45, 2.75) is 44.8 Å². The van der Waals surface area contributed by atoms with Crippen molar-refractivity contribution in [2.75, 3.05) is 32.6 Å². The molecule has 2 aliphatic heterocycles. The van der Waals surface area contributed by atoms with Gasteiger partial charge in [0.1, 0.15) is 17.4 Å². The van der Waals surface area contributed by atoms with Crippen LogP contribution in [0, 0.1) is 0 Å². The smallest absolute Gasteiger partial charge is 0.148 e. The number of hydrogen-bond acceptors (Lipinski definition) is 6. The number of anilines is 1. The van der Waals surface area contributed by atoms with E-state index in [9.17, 15) is 0 Å². The summed E-state index contributed by atoms with van der Waals surface area (Å²) in [5.41, 5.74) is 6.09. The molecule has 3 heterocycles. The molecule has 6 nitrogen and oxygen atoms in total. The van der Waals surface area contributed by atoms with Crippen molar-refractivity contribution in [3.8, 4) is 16.9 Å². The first kappa shape index (κ1) is 21.9. The van der Waals surface area contributed by atoms with Gasteiger partial charge in [0.2, 0.25) is 0 Å². The molecule has 2 aromatic carbocycles. The molecule has 6 heteroatoms. The Bertz CT molecular complexity index is 1100. The summed E-state index contributed by atoms with van der Waals surface area (Å²) in [4.78, 5) is 12.7. The van der Waals surface area contributed by atoms with Crippen molar-refractivity contribution in [2.24, 2.45) is 0 Å². The molecule has 0 aliphatic carbocycles. The molecule has 2 aliphatic rings. The molecule has 3 aromatic rings. The van der Waals surface area contributed by atoms with Crippen molar-refractivity contribution in [1.82, 2.24) is 20.2 Å². The summed E-state index contributed by atoms with van der Waals surface area (Å²) in [7, 11) is 3.70. The second kappa shape index (κ2) is 9.89. The predicted octanol–water partition coefficient (Wildman–Crippen LogP) is 4.57. The van der Waals surface area contributed by atoms with E-state index in [0.717, 1.165) is 62.0 Å². The van der Waals surface area contributed by atoms with Crippen molar-refractivity contribution >= 4 is 5.82 Å². The highest BCUT2D eigenvalue weighted by atomic mass is 16.5. The molecular weight excluding hydrogens is 410 g/mol. The van der Waals surface area contributed by atoms with Gasteiger partial charge < -0.3 is 15.4 Å². The fourth-order valence-electron chi connectivity index (χ4n) is 5.20. The molecule has 0 bridgehead atoms. The number of hydrogen-bond donors (Lipinski definition) is 2. The molecule has 2 N–H and O–H groups in total. The number of benzene rings is 2. The molecule has 1 fully saturated rings. The second-order valence-corrected chi connectivity index (χ2v) is 8.87. The molecule has 0 radical (unpaired) electrons. The van der Waals surface area contributed by atoms with Crippen LogP contribution in [0.3, 0.4) is 0 Å². The van der Waals surface area contributed by atoms with Gasteiger partial charge in [0.05, 0.1) is 18.8 Å². The average Bonchev–Trinajstić information content (AvgIpc) is 2.88. The fourth-order valence-corrected chi connectivity index (χ4v) is 5.20. The maximum atomic E-state index is 5.67. The lowest BCUT2D eigenvalue weighted by molar-refractivity contribution is 0.134. The van der Waals surface area contributed by atoms with E-state index in [1.165, 1.54) is 35.2 Å². The van der Waals surface area contributed by atoms with E-state index in [1.54, 1.807) is 7.11 Å². The number of para-hydroxylation sites is 1. The minimum Gasteiger partial charge on any atom is -0.496 e. The topological polar surface area (TPSA) is 62.3 Å². The van der Waals surface area contributed by atoms with Gasteiger partial charge in [0.15, 0.2) is 0 Å². The number of rotatable bonds is 6. The van der Waals surface area contributed by atoms with Crippen LogP contribution < -0.4 is 15.4 Å². The summed E-state index contributed by atoms with van der Waals surface area (Å²) < 4.78 is 5.67. The molecule has 0 spiro atoms. The Morgan fingerprint density at radius 2 is 1.88 bits per heavy atom. The first-order chi connectivity index (χ1) is 16.3. The minimum absolute atomic E-state index is 0.233. The number of fused-ring (bicyclic) bond motifs is 1. The number of aromatic nitrogens is 2. The second-order valence-electron chi connectivity index (χ2n) is 8.87. The third-order valence-corrected chi connectivity index (χ3v) is 6.89. The van der Waals surface area contributed by atoms with Crippen LogP contribution in [-0.2, 0) is 19.5 Å². The van der Waals surface area contributed by atoms with Gasteiger partial charge in [-0.05, 0) is 36.6 Å². The third kappa shape index (κ3) is 4.45. The summed E-state index contributed by atoms with van der Waals surface area (Å²) in [6, 6.07) is 17.2. The Morgan fingerprint density at radius 1 is 1.06 bits per heavy atom. The lowest BCUT2D eigenvalue weighted by Gasteiger charge is -2.36. The largest absolute Gasteiger partial charge is 0.496 e. The van der Waals surface area contributed by atoms with E-state index >= 15 is 0 Å². The van der Waals surface area contributed by atoms with Crippen LogP contribution in [0.25, 0.3) is 11.1 Å². The molecule has 1 aromatic heterocycles. The summed E-state index contributed by atoms with van der Waals surface area (Å²) in [6.45, 7) is 3.75. The van der Waals surface area contributed by atoms with E-state index in [0.29, 0.717) is 0 Å². The molecule has 0 saturated carbocycles. The zero-order chi connectivity index (χ0) is 22.6. The van der Waals surface area contributed by atoms with Gasteiger partial charge in [-0.3, -0.25) is 4.90 Å². The molecule has 0 amide bonds. The van der Waals surface area contributed by atoms with Crippen molar-refractivity contribution < 1.29 is 4.74 Å². The fraction of sp³-hybridized carbons (Fsp3) is 0.407. The van der Waals surface area contributed by atoms with Gasteiger partial charge in [-0.25, -0.2) is 9.97 Å². The van der Waals surface area contributed by atoms with Gasteiger partial charge in [-0.2, -0.15) is 0 Å². The van der Waals surface area contributed by atoms with Crippen LogP contribution in [0.1, 0.15) is 47.9 Å².